The lowest BCUT2D eigenvalue weighted by Crippen LogP contribution is -2.29. The summed E-state index contributed by atoms with van der Waals surface area (Å²) in [5.74, 6) is 0.891. The molecule has 2 aliphatic heterocycles. The average molecular weight is 558 g/mol. The molecule has 0 radical (unpaired) electrons. The molecule has 1 saturated heterocycles. The second kappa shape index (κ2) is 12.4. The number of hydrogen-bond acceptors (Lipinski definition) is 7. The lowest BCUT2D eigenvalue weighted by atomic mass is 9.94. The van der Waals surface area contributed by atoms with Crippen molar-refractivity contribution in [1.29, 1.82) is 0 Å². The molecule has 1 N–H and O–H groups in total. The summed E-state index contributed by atoms with van der Waals surface area (Å²) in [6, 6.07) is 19.0. The molecule has 2 heterocycles. The molecule has 3 aromatic rings. The molecule has 0 bridgehead atoms. The fraction of sp³-hybridized carbons (Fsp3) is 0.333. The molecule has 5 rings (SSSR count). The Morgan fingerprint density at radius 1 is 0.951 bits per heavy atom. The standard InChI is InChI=1S/C33H35NO7/c1-4-38-27-18-23(10-12-25(27)39-15-14-21(2)3)30-29(31(35)24-11-13-26-28(19-24)41-17-16-40-26)32(36)33(37)34(30)20-22-8-6-5-7-9-22/h5-13,18-19,21,30,35H,4,14-17,20H2,1-3H3/b31-29+/t30-/m0/s1. The zero-order chi connectivity index (χ0) is 28.9. The Bertz CT molecular complexity index is 1450. The lowest BCUT2D eigenvalue weighted by molar-refractivity contribution is -0.140. The molecule has 41 heavy (non-hydrogen) atoms. The highest BCUT2D eigenvalue weighted by atomic mass is 16.6. The topological polar surface area (TPSA) is 94.5 Å². The van der Waals surface area contributed by atoms with Crippen molar-refractivity contribution >= 4 is 17.4 Å². The summed E-state index contributed by atoms with van der Waals surface area (Å²) in [7, 11) is 0. The highest BCUT2D eigenvalue weighted by Crippen LogP contribution is 2.43. The van der Waals surface area contributed by atoms with E-state index in [1.807, 2.05) is 43.3 Å². The monoisotopic (exact) mass is 557 g/mol. The van der Waals surface area contributed by atoms with Crippen LogP contribution in [0.1, 0.15) is 49.9 Å². The van der Waals surface area contributed by atoms with Crippen LogP contribution < -0.4 is 18.9 Å². The third-order valence-electron chi connectivity index (χ3n) is 7.09. The van der Waals surface area contributed by atoms with E-state index in [-0.39, 0.29) is 17.9 Å². The number of rotatable bonds is 10. The van der Waals surface area contributed by atoms with Crippen LogP contribution in [-0.4, -0.2) is 48.1 Å². The number of carbonyl (C=O) groups is 2. The predicted molar refractivity (Wildman–Crippen MR) is 154 cm³/mol. The first-order valence-electron chi connectivity index (χ1n) is 14.0. The molecular formula is C33H35NO7. The fourth-order valence-corrected chi connectivity index (χ4v) is 5.00. The van der Waals surface area contributed by atoms with E-state index in [0.717, 1.165) is 12.0 Å². The van der Waals surface area contributed by atoms with Crippen molar-refractivity contribution in [2.75, 3.05) is 26.4 Å². The molecule has 214 valence electrons. The number of Topliss-reactive ketones (excluding diaryl/α,β-unsaturated/α-hetero) is 1. The van der Waals surface area contributed by atoms with Crippen LogP contribution in [0.4, 0.5) is 0 Å². The molecule has 2 aliphatic rings. The maximum Gasteiger partial charge on any atom is 0.295 e. The van der Waals surface area contributed by atoms with Crippen molar-refractivity contribution in [3.63, 3.8) is 0 Å². The highest BCUT2D eigenvalue weighted by molar-refractivity contribution is 6.46. The largest absolute Gasteiger partial charge is 0.507 e. The van der Waals surface area contributed by atoms with Crippen LogP contribution in [0.5, 0.6) is 23.0 Å². The van der Waals surface area contributed by atoms with E-state index in [4.69, 9.17) is 18.9 Å². The Hall–Kier alpha value is -4.46. The number of fused-ring (bicyclic) bond motifs is 1. The number of benzene rings is 3. The number of hydrogen-bond donors (Lipinski definition) is 1. The molecule has 3 aromatic carbocycles. The summed E-state index contributed by atoms with van der Waals surface area (Å²) in [5, 5.41) is 11.5. The Balaban J connectivity index is 1.60. The summed E-state index contributed by atoms with van der Waals surface area (Å²) in [6.07, 6.45) is 0.889. The number of carbonyl (C=O) groups excluding carboxylic acids is 2. The average Bonchev–Trinajstić information content (AvgIpc) is 3.22. The van der Waals surface area contributed by atoms with Gasteiger partial charge in [0, 0.05) is 12.1 Å². The Kier molecular flexibility index (Phi) is 8.47. The van der Waals surface area contributed by atoms with Crippen molar-refractivity contribution in [3.8, 4) is 23.0 Å². The van der Waals surface area contributed by atoms with E-state index in [1.54, 1.807) is 30.3 Å². The minimum Gasteiger partial charge on any atom is -0.507 e. The molecule has 1 amide bonds. The maximum absolute atomic E-state index is 13.6. The van der Waals surface area contributed by atoms with Gasteiger partial charge in [0.15, 0.2) is 23.0 Å². The third kappa shape index (κ3) is 6.01. The minimum atomic E-state index is -0.854. The molecule has 0 aromatic heterocycles. The first-order chi connectivity index (χ1) is 19.9. The zero-order valence-electron chi connectivity index (χ0n) is 23.6. The number of nitrogens with zero attached hydrogens (tertiary/aromatic N) is 1. The van der Waals surface area contributed by atoms with Gasteiger partial charge in [-0.1, -0.05) is 50.2 Å². The van der Waals surface area contributed by atoms with Gasteiger partial charge in [0.25, 0.3) is 11.7 Å². The second-order valence-electron chi connectivity index (χ2n) is 10.4. The van der Waals surface area contributed by atoms with Crippen LogP contribution in [0.25, 0.3) is 5.76 Å². The summed E-state index contributed by atoms with van der Waals surface area (Å²) < 4.78 is 23.2. The molecule has 0 aliphatic carbocycles. The van der Waals surface area contributed by atoms with E-state index in [1.165, 1.54) is 4.90 Å². The molecule has 0 unspecified atom stereocenters. The van der Waals surface area contributed by atoms with Gasteiger partial charge in [-0.05, 0) is 60.7 Å². The second-order valence-corrected chi connectivity index (χ2v) is 10.4. The lowest BCUT2D eigenvalue weighted by Gasteiger charge is -2.26. The van der Waals surface area contributed by atoms with Crippen molar-refractivity contribution in [3.05, 3.63) is 89.0 Å². The fourth-order valence-electron chi connectivity index (χ4n) is 5.00. The summed E-state index contributed by atoms with van der Waals surface area (Å²) >= 11 is 0. The zero-order valence-corrected chi connectivity index (χ0v) is 23.6. The van der Waals surface area contributed by atoms with Gasteiger partial charge < -0.3 is 29.0 Å². The summed E-state index contributed by atoms with van der Waals surface area (Å²) in [4.78, 5) is 28.5. The van der Waals surface area contributed by atoms with Crippen LogP contribution in [-0.2, 0) is 16.1 Å². The van der Waals surface area contributed by atoms with Crippen LogP contribution >= 0.6 is 0 Å². The molecule has 0 saturated carbocycles. The van der Waals surface area contributed by atoms with Gasteiger partial charge in [-0.15, -0.1) is 0 Å². The van der Waals surface area contributed by atoms with E-state index in [2.05, 4.69) is 13.8 Å². The molecule has 1 fully saturated rings. The molecular weight excluding hydrogens is 522 g/mol. The Morgan fingerprint density at radius 3 is 2.44 bits per heavy atom. The van der Waals surface area contributed by atoms with Crippen LogP contribution in [0.2, 0.25) is 0 Å². The van der Waals surface area contributed by atoms with Gasteiger partial charge in [-0.3, -0.25) is 9.59 Å². The summed E-state index contributed by atoms with van der Waals surface area (Å²) in [6.45, 7) is 8.09. The number of ether oxygens (including phenoxy) is 4. The smallest absolute Gasteiger partial charge is 0.295 e. The van der Waals surface area contributed by atoms with Crippen molar-refractivity contribution < 1.29 is 33.6 Å². The van der Waals surface area contributed by atoms with E-state index in [9.17, 15) is 14.7 Å². The van der Waals surface area contributed by atoms with E-state index in [0.29, 0.717) is 66.5 Å². The van der Waals surface area contributed by atoms with Crippen LogP contribution in [0, 0.1) is 5.92 Å². The third-order valence-corrected chi connectivity index (χ3v) is 7.09. The quantitative estimate of drug-likeness (QED) is 0.188. The Morgan fingerprint density at radius 2 is 1.71 bits per heavy atom. The highest BCUT2D eigenvalue weighted by Gasteiger charge is 2.46. The van der Waals surface area contributed by atoms with Crippen LogP contribution in [0.3, 0.4) is 0 Å². The Labute approximate surface area is 240 Å². The molecule has 8 nitrogen and oxygen atoms in total. The van der Waals surface area contributed by atoms with Crippen molar-refractivity contribution in [2.45, 2.75) is 39.8 Å². The number of aliphatic hydroxyl groups excluding tert-OH is 1. The van der Waals surface area contributed by atoms with Crippen molar-refractivity contribution in [2.24, 2.45) is 5.92 Å². The van der Waals surface area contributed by atoms with E-state index >= 15 is 0 Å². The first-order valence-corrected chi connectivity index (χ1v) is 14.0. The van der Waals surface area contributed by atoms with Gasteiger partial charge in [0.05, 0.1) is 24.8 Å². The number of ketones is 1. The van der Waals surface area contributed by atoms with Gasteiger partial charge in [0.2, 0.25) is 0 Å². The summed E-state index contributed by atoms with van der Waals surface area (Å²) in [5.41, 5.74) is 1.84. The minimum absolute atomic E-state index is 0.00136. The SMILES string of the molecule is CCOc1cc([C@H]2/C(=C(\O)c3ccc4c(c3)OCCO4)C(=O)C(=O)N2Cc2ccccc2)ccc1OCCC(C)C. The van der Waals surface area contributed by atoms with Crippen molar-refractivity contribution in [1.82, 2.24) is 4.90 Å². The first kappa shape index (κ1) is 28.1. The molecule has 8 heteroatoms. The number of likely N-dealkylation sites (tertiary alicyclic amines) is 1. The molecule has 1 atom stereocenters. The number of amides is 1. The normalized spacial score (nSPS) is 17.7. The van der Waals surface area contributed by atoms with Gasteiger partial charge in [-0.2, -0.15) is 0 Å². The maximum atomic E-state index is 13.6. The molecule has 0 spiro atoms. The van der Waals surface area contributed by atoms with Gasteiger partial charge >= 0.3 is 0 Å². The van der Waals surface area contributed by atoms with E-state index < -0.39 is 17.7 Å². The van der Waals surface area contributed by atoms with Gasteiger partial charge in [-0.25, -0.2) is 0 Å². The predicted octanol–water partition coefficient (Wildman–Crippen LogP) is 5.90. The van der Waals surface area contributed by atoms with Crippen LogP contribution in [0.15, 0.2) is 72.3 Å². The number of aliphatic hydroxyl groups is 1. The van der Waals surface area contributed by atoms with Gasteiger partial charge in [0.1, 0.15) is 19.0 Å².